The van der Waals surface area contributed by atoms with E-state index in [1.807, 2.05) is 4.68 Å². The van der Waals surface area contributed by atoms with Crippen LogP contribution in [0.5, 0.6) is 0 Å². The standard InChI is InChI=1S/C12H18N4S/c1-9(2)16-12(14-8-15-16)7-13-10(3)11-5-4-6-17-11/h4-6,8-10,13H,7H2,1-3H3/t10-/m0/s1. The Kier molecular flexibility index (Phi) is 3.91. The van der Waals surface area contributed by atoms with Crippen molar-refractivity contribution in [2.45, 2.75) is 39.4 Å². The molecular weight excluding hydrogens is 232 g/mol. The Labute approximate surface area is 106 Å². The lowest BCUT2D eigenvalue weighted by molar-refractivity contribution is 0.475. The SMILES string of the molecule is CC(C)n1ncnc1CN[C@@H](C)c1cccs1. The second kappa shape index (κ2) is 5.42. The molecule has 92 valence electrons. The molecule has 17 heavy (non-hydrogen) atoms. The Balaban J connectivity index is 1.96. The molecule has 0 aliphatic carbocycles. The first-order valence-electron chi connectivity index (χ1n) is 5.83. The zero-order chi connectivity index (χ0) is 12.3. The molecule has 0 unspecified atom stereocenters. The molecule has 1 atom stereocenters. The maximum atomic E-state index is 4.28. The first kappa shape index (κ1) is 12.3. The van der Waals surface area contributed by atoms with Crippen molar-refractivity contribution < 1.29 is 0 Å². The van der Waals surface area contributed by atoms with E-state index < -0.39 is 0 Å². The predicted molar refractivity (Wildman–Crippen MR) is 70.0 cm³/mol. The van der Waals surface area contributed by atoms with Crippen LogP contribution < -0.4 is 5.32 Å². The second-order valence-electron chi connectivity index (χ2n) is 4.33. The zero-order valence-electron chi connectivity index (χ0n) is 10.4. The van der Waals surface area contributed by atoms with Gasteiger partial charge in [-0.2, -0.15) is 5.10 Å². The van der Waals surface area contributed by atoms with Gasteiger partial charge in [-0.1, -0.05) is 6.07 Å². The van der Waals surface area contributed by atoms with Crippen LogP contribution >= 0.6 is 11.3 Å². The molecule has 0 spiro atoms. The third kappa shape index (κ3) is 2.92. The molecular formula is C12H18N4S. The Hall–Kier alpha value is -1.20. The van der Waals surface area contributed by atoms with Gasteiger partial charge >= 0.3 is 0 Å². The van der Waals surface area contributed by atoms with Crippen LogP contribution in [0.2, 0.25) is 0 Å². The van der Waals surface area contributed by atoms with E-state index in [0.29, 0.717) is 12.1 Å². The number of hydrogen-bond donors (Lipinski definition) is 1. The van der Waals surface area contributed by atoms with E-state index in [-0.39, 0.29) is 0 Å². The molecule has 0 aliphatic rings. The van der Waals surface area contributed by atoms with E-state index in [1.165, 1.54) is 4.88 Å². The zero-order valence-corrected chi connectivity index (χ0v) is 11.2. The summed E-state index contributed by atoms with van der Waals surface area (Å²) < 4.78 is 1.95. The Morgan fingerprint density at radius 1 is 1.41 bits per heavy atom. The average Bonchev–Trinajstić information content (AvgIpc) is 2.96. The topological polar surface area (TPSA) is 42.7 Å². The summed E-state index contributed by atoms with van der Waals surface area (Å²) in [5, 5.41) is 9.80. The van der Waals surface area contributed by atoms with Gasteiger partial charge in [0, 0.05) is 17.0 Å². The van der Waals surface area contributed by atoms with Crippen molar-refractivity contribution in [3.63, 3.8) is 0 Å². The molecule has 2 rings (SSSR count). The molecule has 0 saturated carbocycles. The molecule has 0 amide bonds. The molecule has 0 radical (unpaired) electrons. The van der Waals surface area contributed by atoms with Gasteiger partial charge in [-0.05, 0) is 32.2 Å². The van der Waals surface area contributed by atoms with Crippen LogP contribution in [0.25, 0.3) is 0 Å². The van der Waals surface area contributed by atoms with Crippen molar-refractivity contribution in [1.82, 2.24) is 20.1 Å². The van der Waals surface area contributed by atoms with Crippen molar-refractivity contribution in [2.75, 3.05) is 0 Å². The summed E-state index contributed by atoms with van der Waals surface area (Å²) in [6.45, 7) is 7.14. The highest BCUT2D eigenvalue weighted by Crippen LogP contribution is 2.18. The van der Waals surface area contributed by atoms with Gasteiger partial charge in [-0.25, -0.2) is 9.67 Å². The number of aromatic nitrogens is 3. The van der Waals surface area contributed by atoms with Gasteiger partial charge in [-0.15, -0.1) is 11.3 Å². The van der Waals surface area contributed by atoms with E-state index in [1.54, 1.807) is 17.7 Å². The first-order chi connectivity index (χ1) is 8.18. The fourth-order valence-corrected chi connectivity index (χ4v) is 2.47. The van der Waals surface area contributed by atoms with Crippen LogP contribution in [0.15, 0.2) is 23.8 Å². The fraction of sp³-hybridized carbons (Fsp3) is 0.500. The number of rotatable bonds is 5. The summed E-state index contributed by atoms with van der Waals surface area (Å²) in [7, 11) is 0. The maximum Gasteiger partial charge on any atom is 0.141 e. The number of nitrogens with zero attached hydrogens (tertiary/aromatic N) is 3. The molecule has 0 fully saturated rings. The van der Waals surface area contributed by atoms with Gasteiger partial charge in [0.1, 0.15) is 12.2 Å². The van der Waals surface area contributed by atoms with E-state index >= 15 is 0 Å². The lowest BCUT2D eigenvalue weighted by Gasteiger charge is -2.13. The Morgan fingerprint density at radius 2 is 2.24 bits per heavy atom. The maximum absolute atomic E-state index is 4.28. The second-order valence-corrected chi connectivity index (χ2v) is 5.31. The smallest absolute Gasteiger partial charge is 0.141 e. The summed E-state index contributed by atoms with van der Waals surface area (Å²) in [6.07, 6.45) is 1.62. The summed E-state index contributed by atoms with van der Waals surface area (Å²) in [5.74, 6) is 0.989. The van der Waals surface area contributed by atoms with Crippen LogP contribution in [0.4, 0.5) is 0 Å². The van der Waals surface area contributed by atoms with E-state index in [2.05, 4.69) is 53.7 Å². The quantitative estimate of drug-likeness (QED) is 0.887. The molecule has 2 aromatic rings. The van der Waals surface area contributed by atoms with Gasteiger partial charge in [0.05, 0.1) is 6.54 Å². The van der Waals surface area contributed by atoms with Crippen LogP contribution in [0, 0.1) is 0 Å². The number of nitrogens with one attached hydrogen (secondary N) is 1. The normalized spacial score (nSPS) is 13.2. The van der Waals surface area contributed by atoms with E-state index in [4.69, 9.17) is 0 Å². The summed E-state index contributed by atoms with van der Waals surface area (Å²) in [6, 6.07) is 4.93. The molecule has 4 nitrogen and oxygen atoms in total. The lowest BCUT2D eigenvalue weighted by atomic mass is 10.3. The highest BCUT2D eigenvalue weighted by Gasteiger charge is 2.10. The minimum Gasteiger partial charge on any atom is -0.302 e. The van der Waals surface area contributed by atoms with Crippen molar-refractivity contribution in [3.8, 4) is 0 Å². The molecule has 5 heteroatoms. The van der Waals surface area contributed by atoms with Crippen molar-refractivity contribution in [3.05, 3.63) is 34.5 Å². The monoisotopic (exact) mass is 250 g/mol. The Bertz CT molecular complexity index is 447. The number of hydrogen-bond acceptors (Lipinski definition) is 4. The highest BCUT2D eigenvalue weighted by molar-refractivity contribution is 7.10. The van der Waals surface area contributed by atoms with Crippen LogP contribution in [0.1, 0.15) is 43.6 Å². The largest absolute Gasteiger partial charge is 0.302 e. The minimum atomic E-state index is 0.353. The predicted octanol–water partition coefficient (Wildman–Crippen LogP) is 2.77. The molecule has 1 N–H and O–H groups in total. The molecule has 0 aromatic carbocycles. The van der Waals surface area contributed by atoms with Gasteiger partial charge in [0.15, 0.2) is 0 Å². The molecule has 0 aliphatic heterocycles. The Morgan fingerprint density at radius 3 is 2.88 bits per heavy atom. The van der Waals surface area contributed by atoms with E-state index in [9.17, 15) is 0 Å². The highest BCUT2D eigenvalue weighted by atomic mass is 32.1. The van der Waals surface area contributed by atoms with Crippen molar-refractivity contribution in [2.24, 2.45) is 0 Å². The third-order valence-corrected chi connectivity index (χ3v) is 3.73. The van der Waals surface area contributed by atoms with E-state index in [0.717, 1.165) is 12.4 Å². The molecule has 0 bridgehead atoms. The van der Waals surface area contributed by atoms with Gasteiger partial charge in [-0.3, -0.25) is 0 Å². The summed E-state index contributed by atoms with van der Waals surface area (Å²) in [5.41, 5.74) is 0. The fourth-order valence-electron chi connectivity index (χ4n) is 1.71. The molecule has 2 aromatic heterocycles. The van der Waals surface area contributed by atoms with Crippen molar-refractivity contribution >= 4 is 11.3 Å². The molecule has 0 saturated heterocycles. The van der Waals surface area contributed by atoms with Gasteiger partial charge < -0.3 is 5.32 Å². The summed E-state index contributed by atoms with van der Waals surface area (Å²) in [4.78, 5) is 5.63. The van der Waals surface area contributed by atoms with Gasteiger partial charge in [0.25, 0.3) is 0 Å². The lowest BCUT2D eigenvalue weighted by Crippen LogP contribution is -2.21. The van der Waals surface area contributed by atoms with Gasteiger partial charge in [0.2, 0.25) is 0 Å². The van der Waals surface area contributed by atoms with Crippen molar-refractivity contribution in [1.29, 1.82) is 0 Å². The average molecular weight is 250 g/mol. The molecule has 2 heterocycles. The van der Waals surface area contributed by atoms with Crippen LogP contribution in [0.3, 0.4) is 0 Å². The minimum absolute atomic E-state index is 0.353. The third-order valence-electron chi connectivity index (χ3n) is 2.67. The summed E-state index contributed by atoms with van der Waals surface area (Å²) >= 11 is 1.77. The van der Waals surface area contributed by atoms with Crippen LogP contribution in [-0.4, -0.2) is 14.8 Å². The first-order valence-corrected chi connectivity index (χ1v) is 6.71. The number of thiophene rings is 1. The van der Waals surface area contributed by atoms with Crippen LogP contribution in [-0.2, 0) is 6.54 Å².